The van der Waals surface area contributed by atoms with Crippen molar-refractivity contribution >= 4 is 28.8 Å². The first-order valence-electron chi connectivity index (χ1n) is 8.15. The number of rotatable bonds is 6. The Morgan fingerprint density at radius 1 is 1.04 bits per heavy atom. The van der Waals surface area contributed by atoms with Gasteiger partial charge in [0.25, 0.3) is 5.91 Å². The minimum atomic E-state index is -0.418. The van der Waals surface area contributed by atoms with E-state index in [0.29, 0.717) is 28.2 Å². The summed E-state index contributed by atoms with van der Waals surface area (Å²) in [5.74, 6) is -0.757. The first kappa shape index (κ1) is 18.1. The van der Waals surface area contributed by atoms with Crippen LogP contribution in [0.5, 0.6) is 0 Å². The van der Waals surface area contributed by atoms with Gasteiger partial charge in [-0.25, -0.2) is 4.79 Å². The first-order chi connectivity index (χ1) is 13.1. The molecule has 2 aromatic rings. The molecule has 1 aliphatic rings. The number of ether oxygens (including phenoxy) is 1. The molecule has 3 rings (SSSR count). The summed E-state index contributed by atoms with van der Waals surface area (Å²) in [7, 11) is 0. The molecular formula is C20H16N4O3. The van der Waals surface area contributed by atoms with Gasteiger partial charge in [-0.1, -0.05) is 24.8 Å². The SMILES string of the molecule is C=CCOC(=O)c1ccc(N=Nc2ccc(C3=C(C)N=NC3=O)cc2)cc1. The topological polar surface area (TPSA) is 92.8 Å². The third-order valence-electron chi connectivity index (χ3n) is 3.74. The number of benzene rings is 2. The van der Waals surface area contributed by atoms with Crippen LogP contribution in [-0.2, 0) is 9.53 Å². The van der Waals surface area contributed by atoms with Crippen LogP contribution in [0.1, 0.15) is 22.8 Å². The van der Waals surface area contributed by atoms with Crippen LogP contribution in [0.25, 0.3) is 5.57 Å². The number of hydrogen-bond donors (Lipinski definition) is 0. The average molecular weight is 360 g/mol. The van der Waals surface area contributed by atoms with E-state index in [0.717, 1.165) is 5.56 Å². The Kier molecular flexibility index (Phi) is 5.41. The van der Waals surface area contributed by atoms with Crippen molar-refractivity contribution < 1.29 is 14.3 Å². The van der Waals surface area contributed by atoms with Gasteiger partial charge < -0.3 is 4.74 Å². The molecule has 1 aliphatic heterocycles. The first-order valence-corrected chi connectivity index (χ1v) is 8.15. The number of nitrogens with zero attached hydrogens (tertiary/aromatic N) is 4. The molecule has 0 radical (unpaired) electrons. The highest BCUT2D eigenvalue weighted by atomic mass is 16.5. The highest BCUT2D eigenvalue weighted by molar-refractivity contribution is 6.22. The minimum Gasteiger partial charge on any atom is -0.458 e. The monoisotopic (exact) mass is 360 g/mol. The van der Waals surface area contributed by atoms with Gasteiger partial charge in [0.15, 0.2) is 0 Å². The second kappa shape index (κ2) is 8.09. The Morgan fingerprint density at radius 3 is 2.15 bits per heavy atom. The van der Waals surface area contributed by atoms with Crippen molar-refractivity contribution in [1.29, 1.82) is 0 Å². The summed E-state index contributed by atoms with van der Waals surface area (Å²) >= 11 is 0. The third-order valence-corrected chi connectivity index (χ3v) is 3.74. The van der Waals surface area contributed by atoms with Gasteiger partial charge >= 0.3 is 5.97 Å². The summed E-state index contributed by atoms with van der Waals surface area (Å²) in [5, 5.41) is 15.6. The number of carbonyl (C=O) groups excluding carboxylic acids is 2. The van der Waals surface area contributed by atoms with Crippen molar-refractivity contribution in [1.82, 2.24) is 0 Å². The van der Waals surface area contributed by atoms with Crippen molar-refractivity contribution in [2.75, 3.05) is 6.61 Å². The van der Waals surface area contributed by atoms with Gasteiger partial charge in [-0.15, -0.1) is 5.11 Å². The molecule has 0 atom stereocenters. The van der Waals surface area contributed by atoms with Gasteiger partial charge in [-0.2, -0.15) is 15.3 Å². The highest BCUT2D eigenvalue weighted by Crippen LogP contribution is 2.28. The van der Waals surface area contributed by atoms with Crippen molar-refractivity contribution in [3.8, 4) is 0 Å². The van der Waals surface area contributed by atoms with Gasteiger partial charge in [0.1, 0.15) is 6.61 Å². The van der Waals surface area contributed by atoms with E-state index < -0.39 is 5.97 Å². The molecule has 0 spiro atoms. The Labute approximate surface area is 155 Å². The fourth-order valence-corrected chi connectivity index (χ4v) is 2.40. The second-order valence-corrected chi connectivity index (χ2v) is 5.65. The Bertz CT molecular complexity index is 971. The van der Waals surface area contributed by atoms with Crippen LogP contribution in [0.2, 0.25) is 0 Å². The largest absolute Gasteiger partial charge is 0.458 e. The molecule has 0 fully saturated rings. The summed E-state index contributed by atoms with van der Waals surface area (Å²) in [6, 6.07) is 13.7. The molecule has 2 aromatic carbocycles. The van der Waals surface area contributed by atoms with E-state index in [9.17, 15) is 9.59 Å². The molecule has 134 valence electrons. The number of esters is 1. The van der Waals surface area contributed by atoms with E-state index in [1.54, 1.807) is 55.5 Å². The maximum absolute atomic E-state index is 11.7. The molecule has 0 N–H and O–H groups in total. The predicted molar refractivity (Wildman–Crippen MR) is 100.0 cm³/mol. The average Bonchev–Trinajstić information content (AvgIpc) is 3.03. The molecule has 27 heavy (non-hydrogen) atoms. The molecule has 1 amide bonds. The summed E-state index contributed by atoms with van der Waals surface area (Å²) in [5.41, 5.74) is 3.50. The summed E-state index contributed by atoms with van der Waals surface area (Å²) in [6.07, 6.45) is 1.51. The van der Waals surface area contributed by atoms with E-state index >= 15 is 0 Å². The van der Waals surface area contributed by atoms with E-state index in [1.165, 1.54) is 6.08 Å². The fraction of sp³-hybridized carbons (Fsp3) is 0.100. The van der Waals surface area contributed by atoms with E-state index in [4.69, 9.17) is 4.74 Å². The summed E-state index contributed by atoms with van der Waals surface area (Å²) < 4.78 is 4.96. The number of allylic oxidation sites excluding steroid dienone is 1. The van der Waals surface area contributed by atoms with Crippen LogP contribution < -0.4 is 0 Å². The highest BCUT2D eigenvalue weighted by Gasteiger charge is 2.19. The zero-order valence-electron chi connectivity index (χ0n) is 14.6. The normalized spacial score (nSPS) is 13.4. The molecule has 0 bridgehead atoms. The van der Waals surface area contributed by atoms with Gasteiger partial charge in [-0.05, 0) is 48.9 Å². The van der Waals surface area contributed by atoms with Crippen LogP contribution in [0.15, 0.2) is 87.3 Å². The standard InChI is InChI=1S/C20H16N4O3/c1-3-12-27-20(26)15-6-10-17(11-7-15)23-22-16-8-4-14(5-9-16)18-13(2)21-24-19(18)25/h3-11H,1,12H2,2H3. The predicted octanol–water partition coefficient (Wildman–Crippen LogP) is 5.17. The molecule has 0 aromatic heterocycles. The molecule has 0 aliphatic carbocycles. The van der Waals surface area contributed by atoms with Gasteiger partial charge in [-0.3, -0.25) is 4.79 Å². The quantitative estimate of drug-likeness (QED) is 0.404. The summed E-state index contributed by atoms with van der Waals surface area (Å²) in [6.45, 7) is 5.41. The van der Waals surface area contributed by atoms with Crippen molar-refractivity contribution in [3.63, 3.8) is 0 Å². The van der Waals surface area contributed by atoms with Crippen LogP contribution >= 0.6 is 0 Å². The van der Waals surface area contributed by atoms with Crippen LogP contribution in [0, 0.1) is 0 Å². The van der Waals surface area contributed by atoms with Crippen LogP contribution in [-0.4, -0.2) is 18.5 Å². The zero-order chi connectivity index (χ0) is 19.2. The number of hydrogen-bond acceptors (Lipinski definition) is 6. The molecule has 1 heterocycles. The van der Waals surface area contributed by atoms with Crippen LogP contribution in [0.3, 0.4) is 0 Å². The molecule has 0 saturated carbocycles. The molecule has 0 saturated heterocycles. The third kappa shape index (κ3) is 4.27. The lowest BCUT2D eigenvalue weighted by Crippen LogP contribution is -2.04. The lowest BCUT2D eigenvalue weighted by molar-refractivity contribution is -0.112. The molecule has 0 unspecified atom stereocenters. The maximum atomic E-state index is 11.7. The second-order valence-electron chi connectivity index (χ2n) is 5.65. The number of amides is 1. The Morgan fingerprint density at radius 2 is 1.63 bits per heavy atom. The van der Waals surface area contributed by atoms with Crippen molar-refractivity contribution in [3.05, 3.63) is 78.0 Å². The molecular weight excluding hydrogens is 344 g/mol. The maximum Gasteiger partial charge on any atom is 0.338 e. The van der Waals surface area contributed by atoms with E-state index in [2.05, 4.69) is 27.0 Å². The lowest BCUT2D eigenvalue weighted by atomic mass is 10.0. The molecule has 7 heteroatoms. The van der Waals surface area contributed by atoms with E-state index in [-0.39, 0.29) is 12.5 Å². The van der Waals surface area contributed by atoms with Gasteiger partial charge in [0.05, 0.1) is 28.2 Å². The lowest BCUT2D eigenvalue weighted by Gasteiger charge is -2.02. The van der Waals surface area contributed by atoms with Crippen molar-refractivity contribution in [2.45, 2.75) is 6.92 Å². The number of azo groups is 2. The molecule has 7 nitrogen and oxygen atoms in total. The zero-order valence-corrected chi connectivity index (χ0v) is 14.6. The van der Waals surface area contributed by atoms with Gasteiger partial charge in [0, 0.05) is 0 Å². The van der Waals surface area contributed by atoms with Crippen molar-refractivity contribution in [2.24, 2.45) is 20.5 Å². The fourth-order valence-electron chi connectivity index (χ4n) is 2.40. The van der Waals surface area contributed by atoms with Gasteiger partial charge in [0.2, 0.25) is 0 Å². The Hall–Kier alpha value is -3.74. The summed E-state index contributed by atoms with van der Waals surface area (Å²) in [4.78, 5) is 23.4. The minimum absolute atomic E-state index is 0.167. The smallest absolute Gasteiger partial charge is 0.338 e. The Balaban J connectivity index is 1.68. The number of carbonyl (C=O) groups is 2. The van der Waals surface area contributed by atoms with Crippen LogP contribution in [0.4, 0.5) is 11.4 Å². The van der Waals surface area contributed by atoms with E-state index in [1.807, 2.05) is 0 Å².